The van der Waals surface area contributed by atoms with Gasteiger partial charge in [-0.15, -0.1) is 0 Å². The normalized spacial score (nSPS) is 22.1. The molecule has 1 saturated heterocycles. The monoisotopic (exact) mass is 278 g/mol. The Bertz CT molecular complexity index is 486. The molecule has 0 aliphatic carbocycles. The number of hydrogen-bond donors (Lipinski definition) is 3. The van der Waals surface area contributed by atoms with E-state index in [0.29, 0.717) is 18.6 Å². The van der Waals surface area contributed by atoms with Crippen LogP contribution in [0.25, 0.3) is 0 Å². The number of amides is 2. The van der Waals surface area contributed by atoms with Crippen LogP contribution in [0.15, 0.2) is 24.3 Å². The van der Waals surface area contributed by atoms with Gasteiger partial charge in [-0.05, 0) is 25.5 Å². The first kappa shape index (κ1) is 14.5. The van der Waals surface area contributed by atoms with Gasteiger partial charge in [0.25, 0.3) is 11.8 Å². The Labute approximate surface area is 117 Å². The number of rotatable bonds is 3. The lowest BCUT2D eigenvalue weighted by Gasteiger charge is -2.30. The third kappa shape index (κ3) is 3.34. The van der Waals surface area contributed by atoms with Crippen LogP contribution in [0.3, 0.4) is 0 Å². The van der Waals surface area contributed by atoms with Gasteiger partial charge in [0.2, 0.25) is 0 Å². The van der Waals surface area contributed by atoms with E-state index in [4.69, 9.17) is 9.94 Å². The van der Waals surface area contributed by atoms with Gasteiger partial charge in [-0.2, -0.15) is 0 Å². The highest BCUT2D eigenvalue weighted by Gasteiger charge is 2.32. The van der Waals surface area contributed by atoms with Crippen molar-refractivity contribution in [3.05, 3.63) is 35.4 Å². The second-order valence-electron chi connectivity index (χ2n) is 4.89. The van der Waals surface area contributed by atoms with Gasteiger partial charge in [-0.3, -0.25) is 14.8 Å². The number of aryl methyl sites for hydroxylation is 1. The molecule has 1 aromatic rings. The molecule has 3 N–H and O–H groups in total. The van der Waals surface area contributed by atoms with E-state index in [1.54, 1.807) is 17.6 Å². The zero-order valence-electron chi connectivity index (χ0n) is 11.3. The van der Waals surface area contributed by atoms with Crippen LogP contribution in [-0.2, 0) is 9.53 Å². The Morgan fingerprint density at radius 2 is 2.00 bits per heavy atom. The summed E-state index contributed by atoms with van der Waals surface area (Å²) in [6, 6.07) is 6.86. The van der Waals surface area contributed by atoms with Crippen LogP contribution in [0.2, 0.25) is 0 Å². The first-order valence-electron chi connectivity index (χ1n) is 6.51. The van der Waals surface area contributed by atoms with Crippen molar-refractivity contribution in [1.82, 2.24) is 10.8 Å². The number of carbonyl (C=O) groups is 2. The number of benzene rings is 1. The summed E-state index contributed by atoms with van der Waals surface area (Å²) < 4.78 is 5.22. The summed E-state index contributed by atoms with van der Waals surface area (Å²) in [4.78, 5) is 23.7. The topological polar surface area (TPSA) is 87.7 Å². The molecular formula is C14H18N2O4. The van der Waals surface area contributed by atoms with Crippen LogP contribution in [-0.4, -0.2) is 36.3 Å². The highest BCUT2D eigenvalue weighted by Crippen LogP contribution is 2.16. The highest BCUT2D eigenvalue weighted by molar-refractivity contribution is 5.94. The summed E-state index contributed by atoms with van der Waals surface area (Å²) in [7, 11) is 0. The van der Waals surface area contributed by atoms with Crippen LogP contribution >= 0.6 is 0 Å². The molecule has 0 bridgehead atoms. The second-order valence-corrected chi connectivity index (χ2v) is 4.89. The fourth-order valence-corrected chi connectivity index (χ4v) is 2.21. The van der Waals surface area contributed by atoms with Crippen molar-refractivity contribution in [2.24, 2.45) is 5.92 Å². The van der Waals surface area contributed by atoms with E-state index in [1.807, 2.05) is 19.1 Å². The number of carbonyl (C=O) groups excluding carboxylic acids is 2. The highest BCUT2D eigenvalue weighted by atomic mass is 16.5. The van der Waals surface area contributed by atoms with Gasteiger partial charge >= 0.3 is 0 Å². The van der Waals surface area contributed by atoms with E-state index in [2.05, 4.69) is 5.32 Å². The van der Waals surface area contributed by atoms with Crippen molar-refractivity contribution in [2.75, 3.05) is 13.2 Å². The maximum absolute atomic E-state index is 12.1. The quantitative estimate of drug-likeness (QED) is 0.559. The summed E-state index contributed by atoms with van der Waals surface area (Å²) in [6.45, 7) is 2.61. The number of nitrogens with one attached hydrogen (secondary N) is 2. The van der Waals surface area contributed by atoms with Crippen molar-refractivity contribution in [3.8, 4) is 0 Å². The lowest BCUT2D eigenvalue weighted by molar-refractivity contribution is -0.138. The average Bonchev–Trinajstić information content (AvgIpc) is 2.47. The Balaban J connectivity index is 2.04. The molecule has 20 heavy (non-hydrogen) atoms. The summed E-state index contributed by atoms with van der Waals surface area (Å²) in [5.74, 6) is -1.35. The Kier molecular flexibility index (Phi) is 4.70. The molecular weight excluding hydrogens is 260 g/mol. The molecule has 2 atom stereocenters. The summed E-state index contributed by atoms with van der Waals surface area (Å²) in [6.07, 6.45) is 0.537. The van der Waals surface area contributed by atoms with Crippen LogP contribution in [0, 0.1) is 12.8 Å². The molecule has 1 heterocycles. The van der Waals surface area contributed by atoms with Crippen LogP contribution < -0.4 is 10.8 Å². The minimum Gasteiger partial charge on any atom is -0.380 e. The molecule has 1 aliphatic heterocycles. The van der Waals surface area contributed by atoms with Crippen LogP contribution in [0.5, 0.6) is 0 Å². The van der Waals surface area contributed by atoms with E-state index in [9.17, 15) is 9.59 Å². The Morgan fingerprint density at radius 3 is 2.65 bits per heavy atom. The molecule has 6 heteroatoms. The van der Waals surface area contributed by atoms with Gasteiger partial charge in [0.1, 0.15) is 0 Å². The lowest BCUT2D eigenvalue weighted by atomic mass is 9.94. The van der Waals surface area contributed by atoms with Crippen molar-refractivity contribution in [3.63, 3.8) is 0 Å². The predicted molar refractivity (Wildman–Crippen MR) is 71.3 cm³/mol. The van der Waals surface area contributed by atoms with Crippen molar-refractivity contribution in [1.29, 1.82) is 0 Å². The fraction of sp³-hybridized carbons (Fsp3) is 0.429. The fourth-order valence-electron chi connectivity index (χ4n) is 2.21. The average molecular weight is 278 g/mol. The number of ether oxygens (including phenoxy) is 1. The minimum absolute atomic E-state index is 0.186. The molecule has 1 fully saturated rings. The molecule has 2 rings (SSSR count). The third-order valence-electron chi connectivity index (χ3n) is 3.43. The number of hydrogen-bond acceptors (Lipinski definition) is 4. The van der Waals surface area contributed by atoms with Crippen LogP contribution in [0.1, 0.15) is 22.3 Å². The largest absolute Gasteiger partial charge is 0.380 e. The first-order valence-corrected chi connectivity index (χ1v) is 6.51. The van der Waals surface area contributed by atoms with E-state index in [1.165, 1.54) is 0 Å². The summed E-state index contributed by atoms with van der Waals surface area (Å²) in [5.41, 5.74) is 3.24. The molecule has 1 aliphatic rings. The Morgan fingerprint density at radius 1 is 1.30 bits per heavy atom. The van der Waals surface area contributed by atoms with Gasteiger partial charge in [-0.25, -0.2) is 5.48 Å². The number of hydroxylamine groups is 1. The van der Waals surface area contributed by atoms with Gasteiger partial charge < -0.3 is 10.1 Å². The van der Waals surface area contributed by atoms with E-state index < -0.39 is 11.8 Å². The predicted octanol–water partition coefficient (Wildman–Crippen LogP) is 0.635. The maximum atomic E-state index is 12.1. The zero-order chi connectivity index (χ0) is 14.5. The van der Waals surface area contributed by atoms with Gasteiger partial charge in [-0.1, -0.05) is 17.7 Å². The molecule has 0 saturated carbocycles. The molecule has 0 radical (unpaired) electrons. The summed E-state index contributed by atoms with van der Waals surface area (Å²) >= 11 is 0. The maximum Gasteiger partial charge on any atom is 0.251 e. The molecule has 0 spiro atoms. The SMILES string of the molecule is Cc1ccc(C(=O)N[C@@H]2CCOC[C@@H]2C(=O)NO)cc1. The van der Waals surface area contributed by atoms with Crippen molar-refractivity contribution in [2.45, 2.75) is 19.4 Å². The first-order chi connectivity index (χ1) is 9.61. The lowest BCUT2D eigenvalue weighted by Crippen LogP contribution is -2.51. The third-order valence-corrected chi connectivity index (χ3v) is 3.43. The van der Waals surface area contributed by atoms with Gasteiger partial charge in [0.05, 0.1) is 12.5 Å². The van der Waals surface area contributed by atoms with Gasteiger partial charge in [0, 0.05) is 18.2 Å². The summed E-state index contributed by atoms with van der Waals surface area (Å²) in [5, 5.41) is 11.5. The molecule has 1 aromatic carbocycles. The van der Waals surface area contributed by atoms with E-state index >= 15 is 0 Å². The minimum atomic E-state index is -0.580. The van der Waals surface area contributed by atoms with E-state index in [-0.39, 0.29) is 18.6 Å². The smallest absolute Gasteiger partial charge is 0.251 e. The Hall–Kier alpha value is -1.92. The second kappa shape index (κ2) is 6.49. The van der Waals surface area contributed by atoms with Crippen molar-refractivity contribution < 1.29 is 19.5 Å². The standard InChI is InChI=1S/C14H18N2O4/c1-9-2-4-10(5-3-9)13(17)15-12-6-7-20-8-11(12)14(18)16-19/h2-5,11-12,19H,6-8H2,1H3,(H,15,17)(H,16,18)/t11-,12+/m0/s1. The zero-order valence-corrected chi connectivity index (χ0v) is 11.3. The molecule has 2 amide bonds. The molecule has 0 aromatic heterocycles. The van der Waals surface area contributed by atoms with Crippen molar-refractivity contribution >= 4 is 11.8 Å². The van der Waals surface area contributed by atoms with Gasteiger partial charge in [0.15, 0.2) is 0 Å². The van der Waals surface area contributed by atoms with Crippen LogP contribution in [0.4, 0.5) is 0 Å². The molecule has 0 unspecified atom stereocenters. The van der Waals surface area contributed by atoms with E-state index in [0.717, 1.165) is 5.56 Å². The molecule has 6 nitrogen and oxygen atoms in total. The molecule has 108 valence electrons.